The van der Waals surface area contributed by atoms with Crippen molar-refractivity contribution in [1.29, 1.82) is 0 Å². The molecule has 0 atom stereocenters. The molecule has 0 aromatic heterocycles. The molecular formula is C11H10Cl2O3. The zero-order chi connectivity index (χ0) is 12.3. The number of carboxylic acid groups (broad SMARTS) is 1. The lowest BCUT2D eigenvalue weighted by Gasteiger charge is -2.07. The Kier molecular flexibility index (Phi) is 4.21. The van der Waals surface area contributed by atoms with Gasteiger partial charge >= 0.3 is 5.97 Å². The lowest BCUT2D eigenvalue weighted by Crippen LogP contribution is -1.98. The van der Waals surface area contributed by atoms with E-state index in [2.05, 4.69) is 0 Å². The average molecular weight is 261 g/mol. The van der Waals surface area contributed by atoms with Gasteiger partial charge in [0.25, 0.3) is 0 Å². The van der Waals surface area contributed by atoms with E-state index >= 15 is 0 Å². The molecule has 0 saturated carbocycles. The number of hydrogen-bond acceptors (Lipinski definition) is 2. The van der Waals surface area contributed by atoms with Crippen LogP contribution in [0.15, 0.2) is 24.0 Å². The Morgan fingerprint density at radius 2 is 2.06 bits per heavy atom. The monoisotopic (exact) mass is 260 g/mol. The lowest BCUT2D eigenvalue weighted by atomic mass is 10.2. The fourth-order valence-corrected chi connectivity index (χ4v) is 1.35. The van der Waals surface area contributed by atoms with E-state index in [4.69, 9.17) is 33.0 Å². The van der Waals surface area contributed by atoms with Crippen LogP contribution < -0.4 is 4.74 Å². The lowest BCUT2D eigenvalue weighted by molar-refractivity contribution is -0.132. The van der Waals surface area contributed by atoms with Gasteiger partial charge in [0.15, 0.2) is 0 Å². The van der Waals surface area contributed by atoms with Crippen LogP contribution in [0.25, 0.3) is 0 Å². The molecule has 0 aliphatic heterocycles. The molecule has 0 fully saturated rings. The number of carbonyl (C=O) groups is 1. The van der Waals surface area contributed by atoms with Gasteiger partial charge in [0.1, 0.15) is 12.0 Å². The van der Waals surface area contributed by atoms with Crippen LogP contribution in [-0.2, 0) is 4.79 Å². The van der Waals surface area contributed by atoms with E-state index in [1.165, 1.54) is 6.92 Å². The molecule has 1 aromatic rings. The van der Waals surface area contributed by atoms with E-state index in [-0.39, 0.29) is 5.57 Å². The first-order chi connectivity index (χ1) is 7.43. The molecule has 3 nitrogen and oxygen atoms in total. The van der Waals surface area contributed by atoms with Gasteiger partial charge in [0.05, 0.1) is 10.6 Å². The van der Waals surface area contributed by atoms with Gasteiger partial charge in [-0.05, 0) is 31.5 Å². The van der Waals surface area contributed by atoms with Crippen LogP contribution in [0.3, 0.4) is 0 Å². The molecule has 0 heterocycles. The SMILES string of the molecule is CC(=COc1ccc(Cl)c(C)c1Cl)C(=O)O. The highest BCUT2D eigenvalue weighted by Crippen LogP contribution is 2.32. The maximum atomic E-state index is 10.5. The predicted molar refractivity (Wildman–Crippen MR) is 63.2 cm³/mol. The van der Waals surface area contributed by atoms with Crippen LogP contribution in [-0.4, -0.2) is 11.1 Å². The molecule has 0 bridgehead atoms. The van der Waals surface area contributed by atoms with Gasteiger partial charge in [0, 0.05) is 5.02 Å². The smallest absolute Gasteiger partial charge is 0.334 e. The summed E-state index contributed by atoms with van der Waals surface area (Å²) in [5, 5.41) is 9.54. The van der Waals surface area contributed by atoms with Crippen molar-refractivity contribution in [2.45, 2.75) is 13.8 Å². The molecule has 0 radical (unpaired) electrons. The van der Waals surface area contributed by atoms with Crippen molar-refractivity contribution in [3.63, 3.8) is 0 Å². The van der Waals surface area contributed by atoms with Gasteiger partial charge in [-0.3, -0.25) is 0 Å². The molecule has 0 aliphatic carbocycles. The van der Waals surface area contributed by atoms with Gasteiger partial charge in [-0.1, -0.05) is 23.2 Å². The van der Waals surface area contributed by atoms with Crippen molar-refractivity contribution in [2.75, 3.05) is 0 Å². The molecule has 1 aromatic carbocycles. The van der Waals surface area contributed by atoms with Crippen LogP contribution in [0, 0.1) is 6.92 Å². The first-order valence-electron chi connectivity index (χ1n) is 4.44. The van der Waals surface area contributed by atoms with Gasteiger partial charge in [-0.25, -0.2) is 4.79 Å². The molecule has 0 unspecified atom stereocenters. The van der Waals surface area contributed by atoms with E-state index in [0.29, 0.717) is 21.4 Å². The maximum absolute atomic E-state index is 10.5. The summed E-state index contributed by atoms with van der Waals surface area (Å²) < 4.78 is 5.16. The van der Waals surface area contributed by atoms with Crippen LogP contribution in [0.4, 0.5) is 0 Å². The van der Waals surface area contributed by atoms with Crippen molar-refractivity contribution in [3.05, 3.63) is 39.6 Å². The molecule has 1 N–H and O–H groups in total. The molecule has 0 saturated heterocycles. The third-order valence-corrected chi connectivity index (χ3v) is 2.86. The minimum atomic E-state index is -1.04. The van der Waals surface area contributed by atoms with Crippen molar-refractivity contribution >= 4 is 29.2 Å². The molecule has 16 heavy (non-hydrogen) atoms. The zero-order valence-corrected chi connectivity index (χ0v) is 10.3. The molecule has 0 spiro atoms. The van der Waals surface area contributed by atoms with Gasteiger partial charge in [-0.15, -0.1) is 0 Å². The van der Waals surface area contributed by atoms with Crippen molar-refractivity contribution in [3.8, 4) is 5.75 Å². The third-order valence-electron chi connectivity index (χ3n) is 1.98. The number of aliphatic carboxylic acids is 1. The molecule has 0 amide bonds. The summed E-state index contributed by atoms with van der Waals surface area (Å²) in [7, 11) is 0. The summed E-state index contributed by atoms with van der Waals surface area (Å²) in [5.41, 5.74) is 0.783. The summed E-state index contributed by atoms with van der Waals surface area (Å²) >= 11 is 11.8. The van der Waals surface area contributed by atoms with Crippen LogP contribution in [0.2, 0.25) is 10.0 Å². The summed E-state index contributed by atoms with van der Waals surface area (Å²) in [6, 6.07) is 3.23. The summed E-state index contributed by atoms with van der Waals surface area (Å²) in [6.45, 7) is 3.18. The Hall–Kier alpha value is -1.19. The Morgan fingerprint density at radius 3 is 2.62 bits per heavy atom. The highest BCUT2D eigenvalue weighted by atomic mass is 35.5. The molecule has 0 aliphatic rings. The van der Waals surface area contributed by atoms with E-state index in [9.17, 15) is 4.79 Å². The van der Waals surface area contributed by atoms with Crippen LogP contribution in [0.5, 0.6) is 5.75 Å². The highest BCUT2D eigenvalue weighted by molar-refractivity contribution is 6.36. The van der Waals surface area contributed by atoms with E-state index in [1.807, 2.05) is 0 Å². The largest absolute Gasteiger partial charge is 0.478 e. The Morgan fingerprint density at radius 1 is 1.44 bits per heavy atom. The summed E-state index contributed by atoms with van der Waals surface area (Å²) in [4.78, 5) is 10.5. The number of halogens is 2. The summed E-state index contributed by atoms with van der Waals surface area (Å²) in [5.74, 6) is -0.661. The number of hydrogen-bond donors (Lipinski definition) is 1. The number of carboxylic acids is 1. The average Bonchev–Trinajstić information content (AvgIpc) is 2.24. The first-order valence-corrected chi connectivity index (χ1v) is 5.20. The Balaban J connectivity index is 2.96. The number of rotatable bonds is 3. The van der Waals surface area contributed by atoms with E-state index < -0.39 is 5.97 Å². The predicted octanol–water partition coefficient (Wildman–Crippen LogP) is 3.67. The quantitative estimate of drug-likeness (QED) is 0.667. The van der Waals surface area contributed by atoms with Crippen molar-refractivity contribution in [2.24, 2.45) is 0 Å². The third kappa shape index (κ3) is 2.90. The van der Waals surface area contributed by atoms with Gasteiger partial charge in [-0.2, -0.15) is 0 Å². The minimum absolute atomic E-state index is 0.0867. The Bertz CT molecular complexity index is 453. The molecule has 5 heteroatoms. The maximum Gasteiger partial charge on any atom is 0.334 e. The highest BCUT2D eigenvalue weighted by Gasteiger charge is 2.08. The minimum Gasteiger partial charge on any atom is -0.478 e. The van der Waals surface area contributed by atoms with Gasteiger partial charge < -0.3 is 9.84 Å². The molecular weight excluding hydrogens is 251 g/mol. The second-order valence-electron chi connectivity index (χ2n) is 3.21. The van der Waals surface area contributed by atoms with Crippen molar-refractivity contribution < 1.29 is 14.6 Å². The normalized spacial score (nSPS) is 11.4. The van der Waals surface area contributed by atoms with Crippen LogP contribution in [0.1, 0.15) is 12.5 Å². The fourth-order valence-electron chi connectivity index (χ4n) is 0.930. The first kappa shape index (κ1) is 12.9. The van der Waals surface area contributed by atoms with Gasteiger partial charge in [0.2, 0.25) is 0 Å². The van der Waals surface area contributed by atoms with E-state index in [0.717, 1.165) is 6.26 Å². The Labute approximate surface area is 103 Å². The van der Waals surface area contributed by atoms with E-state index in [1.54, 1.807) is 19.1 Å². The fraction of sp³-hybridized carbons (Fsp3) is 0.182. The summed E-state index contributed by atoms with van der Waals surface area (Å²) in [6.07, 6.45) is 1.14. The van der Waals surface area contributed by atoms with Crippen LogP contribution >= 0.6 is 23.2 Å². The topological polar surface area (TPSA) is 46.5 Å². The number of ether oxygens (including phenoxy) is 1. The van der Waals surface area contributed by atoms with Crippen molar-refractivity contribution in [1.82, 2.24) is 0 Å². The molecule has 86 valence electrons. The zero-order valence-electron chi connectivity index (χ0n) is 8.75. The molecule has 1 rings (SSSR count). The second-order valence-corrected chi connectivity index (χ2v) is 3.99. The second kappa shape index (κ2) is 5.23. The number of benzene rings is 1. The standard InChI is InChI=1S/C11H10Cl2O3/c1-6(11(14)15)5-16-9-4-3-8(12)7(2)10(9)13/h3-5H,1-2H3,(H,14,15).